The molecule has 0 spiro atoms. The van der Waals surface area contributed by atoms with Crippen LogP contribution in [0.1, 0.15) is 69.7 Å². The number of benzene rings is 2. The lowest BCUT2D eigenvalue weighted by atomic mass is 9.93. The highest BCUT2D eigenvalue weighted by molar-refractivity contribution is 5.98. The first kappa shape index (κ1) is 35.3. The van der Waals surface area contributed by atoms with E-state index in [0.717, 1.165) is 30.4 Å². The van der Waals surface area contributed by atoms with Gasteiger partial charge in [0.05, 0.1) is 0 Å². The number of fused-ring (bicyclic) bond motifs is 5. The van der Waals surface area contributed by atoms with Gasteiger partial charge in [-0.05, 0) is 81.8 Å². The third-order valence-electron chi connectivity index (χ3n) is 10.8. The van der Waals surface area contributed by atoms with Gasteiger partial charge in [-0.15, -0.1) is 0 Å². The van der Waals surface area contributed by atoms with Crippen molar-refractivity contribution in [2.45, 2.75) is 82.5 Å². The number of allylic oxidation sites excluding steroid dienone is 1. The summed E-state index contributed by atoms with van der Waals surface area (Å²) in [7, 11) is 0. The Hall–Kier alpha value is -5.07. The molecule has 52 heavy (non-hydrogen) atoms. The molecule has 5 aliphatic rings. The van der Waals surface area contributed by atoms with Gasteiger partial charge >= 0.3 is 12.1 Å². The summed E-state index contributed by atoms with van der Waals surface area (Å²) in [4.78, 5) is 71.4. The molecule has 13 nitrogen and oxygen atoms in total. The SMILES string of the molecule is CC(C)(C)OC(=O)N[C@@H]1CCCCC/C=C\[C@H]2C[C@@]2(C(=O)O)NC(=O)[C@@H]2[C@H]3CN(C(=O)c4cccc(-c5ccc6c(c5)OCO6)c4)C[C@H]3CN2C1=O. The first-order valence-electron chi connectivity index (χ1n) is 18.1. The fourth-order valence-electron chi connectivity index (χ4n) is 8.08. The molecule has 4 amide bonds. The molecule has 276 valence electrons. The van der Waals surface area contributed by atoms with Gasteiger partial charge < -0.3 is 39.8 Å². The quantitative estimate of drug-likeness (QED) is 0.391. The average Bonchev–Trinajstić information content (AvgIpc) is 3.41. The van der Waals surface area contributed by atoms with Gasteiger partial charge in [0.25, 0.3) is 5.91 Å². The molecule has 1 aliphatic carbocycles. The van der Waals surface area contributed by atoms with Crippen LogP contribution in [0, 0.1) is 17.8 Å². The average molecular weight is 715 g/mol. The maximum Gasteiger partial charge on any atom is 0.408 e. The number of hydrogen-bond acceptors (Lipinski definition) is 8. The number of amides is 4. The Bertz CT molecular complexity index is 1800. The van der Waals surface area contributed by atoms with Gasteiger partial charge in [-0.2, -0.15) is 0 Å². The van der Waals surface area contributed by atoms with E-state index in [9.17, 15) is 29.1 Å². The number of likely N-dealkylation sites (tertiary alicyclic amines) is 1. The minimum Gasteiger partial charge on any atom is -0.479 e. The van der Waals surface area contributed by atoms with Crippen molar-refractivity contribution in [3.63, 3.8) is 0 Å². The number of carbonyl (C=O) groups is 5. The molecule has 6 atom stereocenters. The Morgan fingerprint density at radius 2 is 1.77 bits per heavy atom. The molecular weight excluding hydrogens is 668 g/mol. The first-order valence-corrected chi connectivity index (χ1v) is 18.1. The fraction of sp³-hybridized carbons (Fsp3) is 0.513. The van der Waals surface area contributed by atoms with Crippen LogP contribution in [0.2, 0.25) is 0 Å². The number of alkyl carbamates (subject to hydrolysis) is 1. The lowest BCUT2D eigenvalue weighted by Crippen LogP contribution is -2.58. The van der Waals surface area contributed by atoms with E-state index in [1.165, 1.54) is 4.90 Å². The topological polar surface area (TPSA) is 164 Å². The number of carboxylic acids is 1. The number of rotatable bonds is 4. The van der Waals surface area contributed by atoms with Crippen molar-refractivity contribution < 1.29 is 43.3 Å². The van der Waals surface area contributed by atoms with Crippen LogP contribution in [0.4, 0.5) is 4.79 Å². The highest BCUT2D eigenvalue weighted by atomic mass is 16.7. The maximum atomic E-state index is 14.4. The maximum absolute atomic E-state index is 14.4. The Morgan fingerprint density at radius 3 is 2.56 bits per heavy atom. The molecule has 2 aromatic carbocycles. The molecule has 7 rings (SSSR count). The van der Waals surface area contributed by atoms with Crippen LogP contribution in [-0.2, 0) is 19.1 Å². The number of ether oxygens (including phenoxy) is 3. The number of hydrogen-bond donors (Lipinski definition) is 3. The zero-order chi connectivity index (χ0) is 36.8. The predicted octanol–water partition coefficient (Wildman–Crippen LogP) is 4.35. The van der Waals surface area contributed by atoms with Crippen LogP contribution in [0.3, 0.4) is 0 Å². The molecule has 3 fully saturated rings. The van der Waals surface area contributed by atoms with Gasteiger partial charge in [-0.1, -0.05) is 43.2 Å². The van der Waals surface area contributed by atoms with Gasteiger partial charge in [-0.3, -0.25) is 14.4 Å². The second-order valence-electron chi connectivity index (χ2n) is 15.6. The van der Waals surface area contributed by atoms with Crippen molar-refractivity contribution in [1.82, 2.24) is 20.4 Å². The molecule has 2 aromatic rings. The summed E-state index contributed by atoms with van der Waals surface area (Å²) in [6.07, 6.45) is 6.75. The summed E-state index contributed by atoms with van der Waals surface area (Å²) in [6.45, 7) is 6.07. The highest BCUT2D eigenvalue weighted by Crippen LogP contribution is 2.46. The van der Waals surface area contributed by atoms with Crippen LogP contribution in [0.25, 0.3) is 11.1 Å². The summed E-state index contributed by atoms with van der Waals surface area (Å²) in [5.74, 6) is -2.05. The smallest absolute Gasteiger partial charge is 0.408 e. The van der Waals surface area contributed by atoms with Crippen LogP contribution in [0.5, 0.6) is 11.5 Å². The minimum absolute atomic E-state index is 0.159. The summed E-state index contributed by atoms with van der Waals surface area (Å²) in [5, 5.41) is 15.8. The summed E-state index contributed by atoms with van der Waals surface area (Å²) in [6, 6.07) is 11.0. The van der Waals surface area contributed by atoms with Crippen LogP contribution >= 0.6 is 0 Å². The zero-order valence-electron chi connectivity index (χ0n) is 29.8. The number of carbonyl (C=O) groups excluding carboxylic acids is 4. The van der Waals surface area contributed by atoms with Crippen molar-refractivity contribution in [3.05, 3.63) is 60.2 Å². The summed E-state index contributed by atoms with van der Waals surface area (Å²) in [5.41, 5.74) is -0.0599. The molecule has 0 bridgehead atoms. The summed E-state index contributed by atoms with van der Waals surface area (Å²) >= 11 is 0. The Kier molecular flexibility index (Phi) is 9.39. The van der Waals surface area contributed by atoms with Crippen molar-refractivity contribution in [2.75, 3.05) is 26.4 Å². The van der Waals surface area contributed by atoms with E-state index in [1.807, 2.05) is 48.6 Å². The van der Waals surface area contributed by atoms with E-state index in [2.05, 4.69) is 10.6 Å². The normalized spacial score (nSPS) is 29.1. The predicted molar refractivity (Wildman–Crippen MR) is 188 cm³/mol. The van der Waals surface area contributed by atoms with E-state index in [1.54, 1.807) is 31.7 Å². The van der Waals surface area contributed by atoms with Crippen molar-refractivity contribution >= 4 is 29.8 Å². The van der Waals surface area contributed by atoms with Crippen LogP contribution < -0.4 is 20.1 Å². The molecule has 4 aliphatic heterocycles. The molecular formula is C39H46N4O9. The van der Waals surface area contributed by atoms with E-state index in [0.29, 0.717) is 36.4 Å². The highest BCUT2D eigenvalue weighted by Gasteiger charge is 2.62. The zero-order valence-corrected chi connectivity index (χ0v) is 29.8. The number of carboxylic acid groups (broad SMARTS) is 1. The van der Waals surface area contributed by atoms with Crippen LogP contribution in [0.15, 0.2) is 54.6 Å². The number of nitrogens with zero attached hydrogens (tertiary/aromatic N) is 2. The third-order valence-corrected chi connectivity index (χ3v) is 10.8. The van der Waals surface area contributed by atoms with Crippen molar-refractivity contribution in [1.29, 1.82) is 0 Å². The Balaban J connectivity index is 1.14. The molecule has 2 saturated heterocycles. The van der Waals surface area contributed by atoms with Crippen LogP contribution in [-0.4, -0.2) is 94.3 Å². The van der Waals surface area contributed by atoms with E-state index >= 15 is 0 Å². The van der Waals surface area contributed by atoms with Crippen molar-refractivity contribution in [3.8, 4) is 22.6 Å². The van der Waals surface area contributed by atoms with E-state index in [-0.39, 0.29) is 44.0 Å². The number of nitrogens with one attached hydrogen (secondary N) is 2. The van der Waals surface area contributed by atoms with Gasteiger partial charge in [0, 0.05) is 43.0 Å². The van der Waals surface area contributed by atoms with Gasteiger partial charge in [0.15, 0.2) is 11.5 Å². The van der Waals surface area contributed by atoms with E-state index < -0.39 is 53.0 Å². The molecule has 1 saturated carbocycles. The monoisotopic (exact) mass is 714 g/mol. The lowest BCUT2D eigenvalue weighted by molar-refractivity contribution is -0.146. The second-order valence-corrected chi connectivity index (χ2v) is 15.6. The molecule has 13 heteroatoms. The molecule has 0 unspecified atom stereocenters. The van der Waals surface area contributed by atoms with Gasteiger partial charge in [0.2, 0.25) is 18.6 Å². The minimum atomic E-state index is -1.46. The second kappa shape index (κ2) is 13.8. The van der Waals surface area contributed by atoms with E-state index in [4.69, 9.17) is 14.2 Å². The molecule has 0 aromatic heterocycles. The summed E-state index contributed by atoms with van der Waals surface area (Å²) < 4.78 is 16.5. The molecule has 3 N–H and O–H groups in total. The van der Waals surface area contributed by atoms with Gasteiger partial charge in [0.1, 0.15) is 23.2 Å². The number of aliphatic carboxylic acids is 1. The van der Waals surface area contributed by atoms with Crippen molar-refractivity contribution in [2.24, 2.45) is 17.8 Å². The largest absolute Gasteiger partial charge is 0.479 e. The molecule has 4 heterocycles. The fourth-order valence-corrected chi connectivity index (χ4v) is 8.08. The molecule has 0 radical (unpaired) electrons. The van der Waals surface area contributed by atoms with Gasteiger partial charge in [-0.25, -0.2) is 9.59 Å². The standard InChI is InChI=1S/C39H46N4O9/c1-38(2,3)52-37(49)40-29-13-8-6-4-5-7-12-27-18-39(27,36(47)48)41-33(44)32-28-21-42(19-26(28)20-43(32)35(29)46)34(45)25-11-9-10-23(16-25)24-14-15-30-31(17-24)51-22-50-30/h7,9-12,14-17,26-29,32H,4-6,8,13,18-22H2,1-3H3,(H,40,49)(H,41,44)(H,47,48)/b12-7-/t26-,27-,28-,29+,32-,39+/m0/s1. The Labute approximate surface area is 302 Å². The third kappa shape index (κ3) is 7.05. The first-order chi connectivity index (χ1) is 24.8. The Morgan fingerprint density at radius 1 is 0.981 bits per heavy atom. The lowest BCUT2D eigenvalue weighted by Gasteiger charge is -2.33.